The van der Waals surface area contributed by atoms with Gasteiger partial charge in [-0.05, 0) is 42.9 Å². The molecule has 3 rings (SSSR count). The Kier molecular flexibility index (Phi) is 10.0. The van der Waals surface area contributed by atoms with Crippen LogP contribution in [0.25, 0.3) is 11.1 Å². The van der Waals surface area contributed by atoms with Gasteiger partial charge < -0.3 is 14.2 Å². The maximum atomic E-state index is 12.6. The number of carbonyl (C=O) groups is 2. The molecule has 0 spiro atoms. The molecule has 0 unspecified atom stereocenters. The van der Waals surface area contributed by atoms with Crippen molar-refractivity contribution in [3.8, 4) is 22.6 Å². The lowest BCUT2D eigenvalue weighted by molar-refractivity contribution is -0.123. The molecule has 3 N–H and O–H groups in total. The highest BCUT2D eigenvalue weighted by molar-refractivity contribution is 7.80. The fourth-order valence-electron chi connectivity index (χ4n) is 3.09. The second-order valence-electron chi connectivity index (χ2n) is 7.15. The molecule has 0 aliphatic carbocycles. The molecule has 0 saturated heterocycles. The highest BCUT2D eigenvalue weighted by atomic mass is 32.1. The third-order valence-corrected chi connectivity index (χ3v) is 4.90. The van der Waals surface area contributed by atoms with Crippen molar-refractivity contribution in [3.63, 3.8) is 0 Å². The summed E-state index contributed by atoms with van der Waals surface area (Å²) in [6.07, 6.45) is 0. The molecule has 0 bridgehead atoms. The molecule has 8 nitrogen and oxygen atoms in total. The zero-order valence-corrected chi connectivity index (χ0v) is 20.1. The molecule has 0 radical (unpaired) electrons. The number of nitrogens with one attached hydrogen (secondary N) is 3. The first-order valence-corrected chi connectivity index (χ1v) is 11.5. The van der Waals surface area contributed by atoms with E-state index in [1.807, 2.05) is 55.5 Å². The largest absolute Gasteiger partial charge is 0.490 e. The normalized spacial score (nSPS) is 10.2. The number of carbonyl (C=O) groups excluding carboxylic acids is 2. The summed E-state index contributed by atoms with van der Waals surface area (Å²) in [5, 5.41) is 2.44. The van der Waals surface area contributed by atoms with Crippen LogP contribution >= 0.6 is 12.2 Å². The summed E-state index contributed by atoms with van der Waals surface area (Å²) < 4.78 is 16.6. The molecular formula is C26H27N3O5S. The Morgan fingerprint density at radius 3 is 2.26 bits per heavy atom. The van der Waals surface area contributed by atoms with Crippen molar-refractivity contribution < 1.29 is 23.8 Å². The van der Waals surface area contributed by atoms with Crippen LogP contribution in [0.5, 0.6) is 11.5 Å². The van der Waals surface area contributed by atoms with Crippen molar-refractivity contribution in [2.45, 2.75) is 6.92 Å². The molecule has 3 aromatic carbocycles. The van der Waals surface area contributed by atoms with Gasteiger partial charge in [-0.25, -0.2) is 0 Å². The van der Waals surface area contributed by atoms with Crippen LogP contribution in [-0.2, 0) is 9.53 Å². The number of benzene rings is 3. The Bertz CT molecular complexity index is 1140. The first-order chi connectivity index (χ1) is 17.1. The minimum Gasteiger partial charge on any atom is -0.490 e. The quantitative estimate of drug-likeness (QED) is 0.226. The monoisotopic (exact) mass is 493 g/mol. The summed E-state index contributed by atoms with van der Waals surface area (Å²) in [6.45, 7) is 2.95. The number of para-hydroxylation sites is 2. The Labute approximate surface area is 209 Å². The van der Waals surface area contributed by atoms with Gasteiger partial charge in [-0.15, -0.1) is 0 Å². The first kappa shape index (κ1) is 25.7. The molecular weight excluding hydrogens is 466 g/mol. The number of amides is 2. The van der Waals surface area contributed by atoms with Crippen molar-refractivity contribution in [3.05, 3.63) is 84.4 Å². The maximum absolute atomic E-state index is 12.6. The van der Waals surface area contributed by atoms with Crippen LogP contribution in [-0.4, -0.2) is 43.4 Å². The van der Waals surface area contributed by atoms with Crippen molar-refractivity contribution in [2.75, 3.05) is 26.4 Å². The van der Waals surface area contributed by atoms with Crippen LogP contribution < -0.4 is 25.6 Å². The van der Waals surface area contributed by atoms with Crippen LogP contribution in [0.1, 0.15) is 17.3 Å². The third kappa shape index (κ3) is 8.09. The van der Waals surface area contributed by atoms with Gasteiger partial charge in [-0.1, -0.05) is 60.7 Å². The summed E-state index contributed by atoms with van der Waals surface area (Å²) >= 11 is 5.12. The fraction of sp³-hybridized carbons (Fsp3) is 0.192. The SMILES string of the molecule is CCOCCOc1ccccc1C(=O)NC(=S)NNC(=O)COc1ccccc1-c1ccccc1. The highest BCUT2D eigenvalue weighted by Crippen LogP contribution is 2.29. The Morgan fingerprint density at radius 1 is 0.800 bits per heavy atom. The molecule has 0 aliphatic heterocycles. The van der Waals surface area contributed by atoms with Crippen molar-refractivity contribution in [2.24, 2.45) is 0 Å². The van der Waals surface area contributed by atoms with E-state index in [2.05, 4.69) is 16.2 Å². The predicted molar refractivity (Wildman–Crippen MR) is 137 cm³/mol. The first-order valence-electron chi connectivity index (χ1n) is 11.1. The Hall–Kier alpha value is -3.95. The van der Waals surface area contributed by atoms with Gasteiger partial charge in [-0.3, -0.25) is 25.8 Å². The highest BCUT2D eigenvalue weighted by Gasteiger charge is 2.14. The summed E-state index contributed by atoms with van der Waals surface area (Å²) in [5.74, 6) is 0.0358. The van der Waals surface area contributed by atoms with Crippen LogP contribution in [0.15, 0.2) is 78.9 Å². The van der Waals surface area contributed by atoms with E-state index in [9.17, 15) is 9.59 Å². The standard InChI is InChI=1S/C26H27N3O5S/c1-2-32-16-17-33-23-15-9-7-13-21(23)25(31)27-26(35)29-28-24(30)18-34-22-14-8-6-12-20(22)19-10-4-3-5-11-19/h3-15H,2,16-18H2,1H3,(H,28,30)(H2,27,29,31,35). The molecule has 0 aliphatic rings. The zero-order valence-electron chi connectivity index (χ0n) is 19.3. The topological polar surface area (TPSA) is 97.9 Å². The average Bonchev–Trinajstić information content (AvgIpc) is 2.89. The molecule has 0 atom stereocenters. The summed E-state index contributed by atoms with van der Waals surface area (Å²) in [4.78, 5) is 24.9. The summed E-state index contributed by atoms with van der Waals surface area (Å²) in [5.41, 5.74) is 7.08. The molecule has 3 aromatic rings. The molecule has 0 heterocycles. The van der Waals surface area contributed by atoms with Gasteiger partial charge in [0.05, 0.1) is 12.2 Å². The maximum Gasteiger partial charge on any atom is 0.276 e. The molecule has 9 heteroatoms. The van der Waals surface area contributed by atoms with Crippen molar-refractivity contribution in [1.82, 2.24) is 16.2 Å². The van der Waals surface area contributed by atoms with E-state index in [0.29, 0.717) is 36.9 Å². The zero-order chi connectivity index (χ0) is 24.9. The fourth-order valence-corrected chi connectivity index (χ4v) is 3.23. The molecule has 0 saturated carbocycles. The van der Waals surface area contributed by atoms with Gasteiger partial charge in [0.15, 0.2) is 11.7 Å². The van der Waals surface area contributed by atoms with E-state index in [0.717, 1.165) is 11.1 Å². The van der Waals surface area contributed by atoms with Crippen molar-refractivity contribution >= 4 is 29.1 Å². The minimum atomic E-state index is -0.475. The van der Waals surface area contributed by atoms with Crippen LogP contribution in [0.3, 0.4) is 0 Å². The Balaban J connectivity index is 1.47. The number of ether oxygens (including phenoxy) is 3. The smallest absolute Gasteiger partial charge is 0.276 e. The second kappa shape index (κ2) is 13.7. The van der Waals surface area contributed by atoms with Gasteiger partial charge in [0, 0.05) is 12.2 Å². The summed E-state index contributed by atoms with van der Waals surface area (Å²) in [7, 11) is 0. The number of rotatable bonds is 10. The number of hydrogen-bond acceptors (Lipinski definition) is 6. The van der Waals surface area contributed by atoms with E-state index in [-0.39, 0.29) is 11.7 Å². The summed E-state index contributed by atoms with van der Waals surface area (Å²) in [6, 6.07) is 24.0. The van der Waals surface area contributed by atoms with Gasteiger partial charge in [0.1, 0.15) is 18.1 Å². The van der Waals surface area contributed by atoms with Crippen molar-refractivity contribution in [1.29, 1.82) is 0 Å². The lowest BCUT2D eigenvalue weighted by Crippen LogP contribution is -2.49. The van der Waals surface area contributed by atoms with E-state index in [1.54, 1.807) is 30.3 Å². The van der Waals surface area contributed by atoms with E-state index in [4.69, 9.17) is 26.4 Å². The molecule has 0 fully saturated rings. The third-order valence-electron chi connectivity index (χ3n) is 4.69. The van der Waals surface area contributed by atoms with E-state index < -0.39 is 11.8 Å². The number of hydrazine groups is 1. The lowest BCUT2D eigenvalue weighted by Gasteiger charge is -2.14. The van der Waals surface area contributed by atoms with Gasteiger partial charge in [0.2, 0.25) is 0 Å². The molecule has 182 valence electrons. The predicted octanol–water partition coefficient (Wildman–Crippen LogP) is 3.48. The van der Waals surface area contributed by atoms with E-state index in [1.165, 1.54) is 0 Å². The van der Waals surface area contributed by atoms with E-state index >= 15 is 0 Å². The Morgan fingerprint density at radius 2 is 1.49 bits per heavy atom. The minimum absolute atomic E-state index is 0.0721. The van der Waals surface area contributed by atoms with Crippen LogP contribution in [0.2, 0.25) is 0 Å². The second-order valence-corrected chi connectivity index (χ2v) is 7.56. The number of hydrogen-bond donors (Lipinski definition) is 3. The van der Waals surface area contributed by atoms with Crippen LogP contribution in [0, 0.1) is 0 Å². The number of thiocarbonyl (C=S) groups is 1. The van der Waals surface area contributed by atoms with Gasteiger partial charge >= 0.3 is 0 Å². The van der Waals surface area contributed by atoms with Crippen LogP contribution in [0.4, 0.5) is 0 Å². The molecule has 0 aromatic heterocycles. The molecule has 35 heavy (non-hydrogen) atoms. The molecule has 2 amide bonds. The lowest BCUT2D eigenvalue weighted by atomic mass is 10.1. The van der Waals surface area contributed by atoms with Gasteiger partial charge in [0.25, 0.3) is 11.8 Å². The van der Waals surface area contributed by atoms with Gasteiger partial charge in [-0.2, -0.15) is 0 Å². The average molecular weight is 494 g/mol.